The molecule has 1 N–H and O–H groups in total. The smallest absolute Gasteiger partial charge is 0.303 e. The number of anilines is 1. The number of carboxylic acids is 1. The van der Waals surface area contributed by atoms with Crippen molar-refractivity contribution in [3.63, 3.8) is 0 Å². The molecule has 2 bridgehead atoms. The fourth-order valence-corrected chi connectivity index (χ4v) is 2.75. The second-order valence-corrected chi connectivity index (χ2v) is 5.27. The lowest BCUT2D eigenvalue weighted by Crippen LogP contribution is -2.52. The van der Waals surface area contributed by atoms with Gasteiger partial charge in [-0.2, -0.15) is 0 Å². The molecule has 2 saturated heterocycles. The summed E-state index contributed by atoms with van der Waals surface area (Å²) >= 11 is 0. The number of benzene rings is 1. The van der Waals surface area contributed by atoms with E-state index >= 15 is 0 Å². The molecule has 0 radical (unpaired) electrons. The van der Waals surface area contributed by atoms with Gasteiger partial charge in [0, 0.05) is 6.42 Å². The van der Waals surface area contributed by atoms with Crippen molar-refractivity contribution >= 4 is 23.5 Å². The van der Waals surface area contributed by atoms with Crippen molar-refractivity contribution in [3.05, 3.63) is 29.8 Å². The fourth-order valence-electron chi connectivity index (χ4n) is 2.75. The molecule has 21 heavy (non-hydrogen) atoms. The molecule has 0 saturated carbocycles. The Morgan fingerprint density at radius 3 is 2.52 bits per heavy atom. The average molecular weight is 289 g/mol. The fraction of sp³-hybridized carbons (Fsp3) is 0.400. The lowest BCUT2D eigenvalue weighted by atomic mass is 10.1. The summed E-state index contributed by atoms with van der Waals surface area (Å²) in [4.78, 5) is 36.3. The number of carbonyl (C=O) groups excluding carboxylic acids is 2. The molecule has 0 aromatic heterocycles. The van der Waals surface area contributed by atoms with E-state index in [1.54, 1.807) is 24.3 Å². The third-order valence-corrected chi connectivity index (χ3v) is 3.81. The Kier molecular flexibility index (Phi) is 3.47. The molecule has 2 aliphatic rings. The molecule has 1 aromatic rings. The topological polar surface area (TPSA) is 83.9 Å². The zero-order valence-electron chi connectivity index (χ0n) is 11.3. The molecule has 1 aromatic carbocycles. The maximum absolute atomic E-state index is 12.3. The predicted octanol–water partition coefficient (Wildman–Crippen LogP) is 1.12. The molecule has 2 heterocycles. The minimum atomic E-state index is -0.878. The summed E-state index contributed by atoms with van der Waals surface area (Å²) in [6, 6.07) is 6.90. The largest absolute Gasteiger partial charge is 0.481 e. The summed E-state index contributed by atoms with van der Waals surface area (Å²) in [5, 5.41) is 8.72. The highest BCUT2D eigenvalue weighted by atomic mass is 16.5. The number of amides is 2. The molecular weight excluding hydrogens is 274 g/mol. The highest BCUT2D eigenvalue weighted by Crippen LogP contribution is 2.32. The molecule has 0 aliphatic carbocycles. The molecule has 2 fully saturated rings. The Hall–Kier alpha value is -2.21. The summed E-state index contributed by atoms with van der Waals surface area (Å²) in [7, 11) is 0. The summed E-state index contributed by atoms with van der Waals surface area (Å²) in [6.45, 7) is 0. The first kappa shape index (κ1) is 13.8. The first-order chi connectivity index (χ1) is 10.1. The van der Waals surface area contributed by atoms with Gasteiger partial charge in [0.15, 0.2) is 0 Å². The van der Waals surface area contributed by atoms with Crippen LogP contribution in [0.25, 0.3) is 0 Å². The second-order valence-electron chi connectivity index (χ2n) is 5.27. The minimum absolute atomic E-state index is 0.0136. The van der Waals surface area contributed by atoms with Gasteiger partial charge >= 0.3 is 5.97 Å². The number of morpholine rings is 1. The average Bonchev–Trinajstić information content (AvgIpc) is 2.91. The number of imide groups is 1. The first-order valence-corrected chi connectivity index (χ1v) is 6.90. The van der Waals surface area contributed by atoms with Crippen LogP contribution in [0.2, 0.25) is 0 Å². The number of carboxylic acid groups (broad SMARTS) is 1. The van der Waals surface area contributed by atoms with Gasteiger partial charge in [-0.3, -0.25) is 14.4 Å². The standard InChI is InChI=1S/C15H15NO5/c17-13(18)7-4-9-2-1-3-10(8-9)16-14(19)11-5-6-12(21-11)15(16)20/h1-3,8,11-12H,4-7H2,(H,17,18). The van der Waals surface area contributed by atoms with Crippen molar-refractivity contribution in [3.8, 4) is 0 Å². The lowest BCUT2D eigenvalue weighted by molar-refractivity contribution is -0.147. The van der Waals surface area contributed by atoms with Gasteiger partial charge in [-0.25, -0.2) is 4.90 Å². The summed E-state index contributed by atoms with van der Waals surface area (Å²) in [6.07, 6.45) is 0.461. The quantitative estimate of drug-likeness (QED) is 0.840. The zero-order valence-corrected chi connectivity index (χ0v) is 11.3. The van der Waals surface area contributed by atoms with Crippen LogP contribution >= 0.6 is 0 Å². The number of nitrogens with zero attached hydrogens (tertiary/aromatic N) is 1. The molecule has 0 spiro atoms. The van der Waals surface area contributed by atoms with Gasteiger partial charge in [-0.15, -0.1) is 0 Å². The lowest BCUT2D eigenvalue weighted by Gasteiger charge is -2.30. The summed E-state index contributed by atoms with van der Waals surface area (Å²) in [5.74, 6) is -1.54. The SMILES string of the molecule is O=C(O)CCc1cccc(N2C(=O)C3CCC(O3)C2=O)c1. The van der Waals surface area contributed by atoms with Crippen molar-refractivity contribution in [2.45, 2.75) is 37.9 Å². The number of rotatable bonds is 4. The van der Waals surface area contributed by atoms with E-state index < -0.39 is 18.2 Å². The number of carbonyl (C=O) groups is 3. The van der Waals surface area contributed by atoms with E-state index in [1.165, 1.54) is 4.90 Å². The van der Waals surface area contributed by atoms with Gasteiger partial charge in [-0.1, -0.05) is 12.1 Å². The van der Waals surface area contributed by atoms with E-state index in [1.807, 2.05) is 0 Å². The number of hydrogen-bond donors (Lipinski definition) is 1. The highest BCUT2D eigenvalue weighted by molar-refractivity contribution is 6.19. The maximum atomic E-state index is 12.3. The third kappa shape index (κ3) is 2.54. The van der Waals surface area contributed by atoms with Crippen LogP contribution in [0.15, 0.2) is 24.3 Å². The monoisotopic (exact) mass is 289 g/mol. The Balaban J connectivity index is 1.85. The third-order valence-electron chi connectivity index (χ3n) is 3.81. The van der Waals surface area contributed by atoms with Crippen LogP contribution < -0.4 is 4.90 Å². The Morgan fingerprint density at radius 1 is 1.24 bits per heavy atom. The normalized spacial score (nSPS) is 24.5. The van der Waals surface area contributed by atoms with Crippen LogP contribution in [0.5, 0.6) is 0 Å². The van der Waals surface area contributed by atoms with Crippen LogP contribution in [0.3, 0.4) is 0 Å². The molecular formula is C15H15NO5. The highest BCUT2D eigenvalue weighted by Gasteiger charge is 2.47. The number of ether oxygens (including phenoxy) is 1. The molecule has 3 rings (SSSR count). The van der Waals surface area contributed by atoms with Gasteiger partial charge in [-0.05, 0) is 37.0 Å². The molecule has 6 heteroatoms. The van der Waals surface area contributed by atoms with Gasteiger partial charge in [0.25, 0.3) is 11.8 Å². The molecule has 2 atom stereocenters. The summed E-state index contributed by atoms with van der Waals surface area (Å²) < 4.78 is 5.36. The number of aliphatic carboxylic acids is 1. The second kappa shape index (κ2) is 5.29. The van der Waals surface area contributed by atoms with Crippen molar-refractivity contribution in [2.24, 2.45) is 0 Å². The van der Waals surface area contributed by atoms with Gasteiger partial charge in [0.2, 0.25) is 0 Å². The van der Waals surface area contributed by atoms with Crippen LogP contribution in [0.1, 0.15) is 24.8 Å². The molecule has 2 unspecified atom stereocenters. The van der Waals surface area contributed by atoms with Crippen molar-refractivity contribution < 1.29 is 24.2 Å². The Bertz CT molecular complexity index is 590. The number of fused-ring (bicyclic) bond motifs is 2. The first-order valence-electron chi connectivity index (χ1n) is 6.90. The Labute approximate surface area is 121 Å². The molecule has 6 nitrogen and oxygen atoms in total. The van der Waals surface area contributed by atoms with Crippen molar-refractivity contribution in [1.82, 2.24) is 0 Å². The van der Waals surface area contributed by atoms with E-state index in [0.717, 1.165) is 5.56 Å². The number of hydrogen-bond acceptors (Lipinski definition) is 4. The minimum Gasteiger partial charge on any atom is -0.481 e. The van der Waals surface area contributed by atoms with E-state index in [-0.39, 0.29) is 18.2 Å². The van der Waals surface area contributed by atoms with Crippen molar-refractivity contribution in [1.29, 1.82) is 0 Å². The van der Waals surface area contributed by atoms with Gasteiger partial charge in [0.1, 0.15) is 12.2 Å². The van der Waals surface area contributed by atoms with E-state index in [4.69, 9.17) is 9.84 Å². The van der Waals surface area contributed by atoms with Crippen LogP contribution in [0.4, 0.5) is 5.69 Å². The van der Waals surface area contributed by atoms with Crippen LogP contribution in [0, 0.1) is 0 Å². The predicted molar refractivity (Wildman–Crippen MR) is 72.8 cm³/mol. The van der Waals surface area contributed by atoms with Crippen LogP contribution in [-0.2, 0) is 25.5 Å². The van der Waals surface area contributed by atoms with Gasteiger partial charge in [0.05, 0.1) is 5.69 Å². The summed E-state index contributed by atoms with van der Waals surface area (Å²) in [5.41, 5.74) is 1.28. The van der Waals surface area contributed by atoms with Crippen LogP contribution in [-0.4, -0.2) is 35.1 Å². The van der Waals surface area contributed by atoms with Gasteiger partial charge < -0.3 is 9.84 Å². The Morgan fingerprint density at radius 2 is 1.90 bits per heavy atom. The van der Waals surface area contributed by atoms with Crippen molar-refractivity contribution in [2.75, 3.05) is 4.90 Å². The maximum Gasteiger partial charge on any atom is 0.303 e. The van der Waals surface area contributed by atoms with E-state index in [2.05, 4.69) is 0 Å². The van der Waals surface area contributed by atoms with E-state index in [9.17, 15) is 14.4 Å². The zero-order chi connectivity index (χ0) is 15.0. The molecule has 2 amide bonds. The van der Waals surface area contributed by atoms with E-state index in [0.29, 0.717) is 24.9 Å². The molecule has 2 aliphatic heterocycles. The number of aryl methyl sites for hydroxylation is 1. The molecule has 110 valence electrons.